The monoisotopic (exact) mass is 339 g/mol. The van der Waals surface area contributed by atoms with Crippen LogP contribution in [0.25, 0.3) is 0 Å². The summed E-state index contributed by atoms with van der Waals surface area (Å²) in [6, 6.07) is -2.26. The maximum atomic E-state index is 11.0. The fourth-order valence-corrected chi connectivity index (χ4v) is 1.98. The van der Waals surface area contributed by atoms with Crippen LogP contribution in [0.4, 0.5) is 0 Å². The van der Waals surface area contributed by atoms with Gasteiger partial charge in [-0.25, -0.2) is 14.6 Å². The number of hydrogen-bond acceptors (Lipinski definition) is 6. The zero-order chi connectivity index (χ0) is 18.3. The van der Waals surface area contributed by atoms with E-state index in [1.807, 2.05) is 0 Å². The zero-order valence-electron chi connectivity index (χ0n) is 12.5. The number of hydrogen-bond donors (Lipinski definition) is 5. The Bertz CT molecular complexity index is 636. The Morgan fingerprint density at radius 1 is 1.42 bits per heavy atom. The number of nitrogens with two attached hydrogens (primary N) is 1. The van der Waals surface area contributed by atoms with Crippen LogP contribution in [-0.2, 0) is 19.2 Å². The number of carboxylic acids is 3. The van der Waals surface area contributed by atoms with E-state index in [0.29, 0.717) is 5.57 Å². The van der Waals surface area contributed by atoms with Gasteiger partial charge in [-0.3, -0.25) is 4.79 Å². The summed E-state index contributed by atoms with van der Waals surface area (Å²) in [6.45, 7) is 0. The summed E-state index contributed by atoms with van der Waals surface area (Å²) in [7, 11) is 0. The smallest absolute Gasteiger partial charge is 0.351 e. The molecule has 2 atom stereocenters. The topological polar surface area (TPSA) is 184 Å². The molecule has 0 bridgehead atoms. The second kappa shape index (κ2) is 8.46. The van der Waals surface area contributed by atoms with Crippen molar-refractivity contribution in [2.24, 2.45) is 5.73 Å². The summed E-state index contributed by atoms with van der Waals surface area (Å²) in [6.07, 6.45) is 3.63. The first-order chi connectivity index (χ1) is 11.2. The predicted molar refractivity (Wildman–Crippen MR) is 77.2 cm³/mol. The third-order valence-corrected chi connectivity index (χ3v) is 3.19. The summed E-state index contributed by atoms with van der Waals surface area (Å²) >= 11 is 0. The molecule has 24 heavy (non-hydrogen) atoms. The molecule has 2 unspecified atom stereocenters. The van der Waals surface area contributed by atoms with E-state index < -0.39 is 35.9 Å². The van der Waals surface area contributed by atoms with Crippen LogP contribution in [0.2, 0.25) is 0 Å². The molecule has 10 nitrogen and oxygen atoms in total. The number of carbonyl (C=O) groups excluding carboxylic acids is 2. The SMILES string of the molecule is NC(=O)CCC([NH+]=CC=C1C=C(C(=O)O)NC(C(=O)O)C1)C(=O)[O-]. The highest BCUT2D eigenvalue weighted by Crippen LogP contribution is 2.16. The van der Waals surface area contributed by atoms with Gasteiger partial charge in [0, 0.05) is 25.3 Å². The quantitative estimate of drug-likeness (QED) is 0.276. The second-order valence-electron chi connectivity index (χ2n) is 5.05. The molecule has 0 aromatic heterocycles. The van der Waals surface area contributed by atoms with Crippen molar-refractivity contribution >= 4 is 30.0 Å². The highest BCUT2D eigenvalue weighted by Gasteiger charge is 2.26. The minimum Gasteiger partial charge on any atom is -0.543 e. The van der Waals surface area contributed by atoms with E-state index in [2.05, 4.69) is 10.3 Å². The molecule has 1 rings (SSSR count). The molecule has 0 aromatic rings. The lowest BCUT2D eigenvalue weighted by atomic mass is 10.00. The maximum Gasteiger partial charge on any atom is 0.351 e. The predicted octanol–water partition coefficient (Wildman–Crippen LogP) is -4.14. The van der Waals surface area contributed by atoms with Gasteiger partial charge in [-0.1, -0.05) is 0 Å². The van der Waals surface area contributed by atoms with Gasteiger partial charge in [-0.05, 0) is 11.6 Å². The fraction of sp³-hybridized carbons (Fsp3) is 0.357. The first kappa shape index (κ1) is 18.9. The van der Waals surface area contributed by atoms with Crippen LogP contribution in [0.1, 0.15) is 19.3 Å². The van der Waals surface area contributed by atoms with Crippen LogP contribution in [0.15, 0.2) is 23.4 Å². The molecule has 1 amide bonds. The Morgan fingerprint density at radius 3 is 2.58 bits per heavy atom. The van der Waals surface area contributed by atoms with Gasteiger partial charge in [0.25, 0.3) is 0 Å². The van der Waals surface area contributed by atoms with Crippen LogP contribution >= 0.6 is 0 Å². The highest BCUT2D eigenvalue weighted by molar-refractivity contribution is 5.89. The number of rotatable bonds is 8. The molecule has 0 radical (unpaired) electrons. The number of carboxylic acid groups (broad SMARTS) is 3. The van der Waals surface area contributed by atoms with Crippen molar-refractivity contribution in [1.29, 1.82) is 0 Å². The Balaban J connectivity index is 2.90. The molecular weight excluding hydrogens is 322 g/mol. The van der Waals surface area contributed by atoms with Gasteiger partial charge in [-0.15, -0.1) is 0 Å². The Labute approximate surface area is 136 Å². The molecule has 1 aliphatic heterocycles. The van der Waals surface area contributed by atoms with Crippen LogP contribution in [0, 0.1) is 0 Å². The number of nitrogens with one attached hydrogen (secondary N) is 2. The molecule has 0 spiro atoms. The van der Waals surface area contributed by atoms with E-state index in [9.17, 15) is 24.3 Å². The maximum absolute atomic E-state index is 11.0. The van der Waals surface area contributed by atoms with Crippen molar-refractivity contribution in [2.45, 2.75) is 31.3 Å². The lowest BCUT2D eigenvalue weighted by Gasteiger charge is -2.21. The molecule has 1 heterocycles. The standard InChI is InChI=1S/C14H17N3O7/c15-11(18)2-1-8(12(19)20)16-4-3-7-5-9(13(21)22)17-10(6-7)14(23)24/h3-5,8,10,17H,1-2,6H2,(H2,15,18)(H,19,20)(H,21,22)(H,23,24). The van der Waals surface area contributed by atoms with E-state index in [4.69, 9.17) is 15.9 Å². The lowest BCUT2D eigenvalue weighted by molar-refractivity contribution is -0.502. The Hall–Kier alpha value is -3.17. The average molecular weight is 339 g/mol. The normalized spacial score (nSPS) is 20.2. The first-order valence-electron chi connectivity index (χ1n) is 6.92. The van der Waals surface area contributed by atoms with Gasteiger partial charge in [0.15, 0.2) is 12.3 Å². The van der Waals surface area contributed by atoms with Gasteiger partial charge in [-0.2, -0.15) is 0 Å². The average Bonchev–Trinajstić information content (AvgIpc) is 2.49. The molecule has 0 saturated carbocycles. The number of aliphatic carboxylic acids is 3. The highest BCUT2D eigenvalue weighted by atomic mass is 16.4. The molecule has 0 aliphatic carbocycles. The van der Waals surface area contributed by atoms with Crippen LogP contribution in [-0.4, -0.2) is 52.3 Å². The van der Waals surface area contributed by atoms with Gasteiger partial charge in [0.1, 0.15) is 17.7 Å². The summed E-state index contributed by atoms with van der Waals surface area (Å²) in [5.41, 5.74) is 5.04. The molecule has 0 saturated heterocycles. The van der Waals surface area contributed by atoms with E-state index in [1.54, 1.807) is 0 Å². The molecule has 130 valence electrons. The number of primary amides is 1. The summed E-state index contributed by atoms with van der Waals surface area (Å²) in [5, 5.41) is 31.3. The minimum atomic E-state index is -1.43. The largest absolute Gasteiger partial charge is 0.543 e. The molecular formula is C14H17N3O7. The van der Waals surface area contributed by atoms with E-state index in [-0.39, 0.29) is 25.0 Å². The number of amides is 1. The lowest BCUT2D eigenvalue weighted by Crippen LogP contribution is -2.80. The van der Waals surface area contributed by atoms with Crippen molar-refractivity contribution in [3.05, 3.63) is 23.4 Å². The molecule has 0 fully saturated rings. The summed E-state index contributed by atoms with van der Waals surface area (Å²) < 4.78 is 0. The van der Waals surface area contributed by atoms with Crippen LogP contribution < -0.4 is 21.1 Å². The third-order valence-electron chi connectivity index (χ3n) is 3.19. The minimum absolute atomic E-state index is 0.0154. The Kier molecular flexibility index (Phi) is 6.65. The number of carbonyl (C=O) groups is 4. The van der Waals surface area contributed by atoms with Crippen molar-refractivity contribution in [3.63, 3.8) is 0 Å². The third kappa shape index (κ3) is 5.91. The number of allylic oxidation sites excluding steroid dienone is 2. The van der Waals surface area contributed by atoms with Crippen molar-refractivity contribution < 1.29 is 39.5 Å². The molecule has 1 aliphatic rings. The molecule has 10 heteroatoms. The Morgan fingerprint density at radius 2 is 2.08 bits per heavy atom. The van der Waals surface area contributed by atoms with E-state index >= 15 is 0 Å². The van der Waals surface area contributed by atoms with Crippen LogP contribution in [0.3, 0.4) is 0 Å². The fourth-order valence-electron chi connectivity index (χ4n) is 1.98. The van der Waals surface area contributed by atoms with Gasteiger partial charge >= 0.3 is 11.9 Å². The van der Waals surface area contributed by atoms with E-state index in [0.717, 1.165) is 0 Å². The van der Waals surface area contributed by atoms with Gasteiger partial charge in [0.2, 0.25) is 5.91 Å². The van der Waals surface area contributed by atoms with Crippen molar-refractivity contribution in [3.8, 4) is 0 Å². The molecule has 0 aromatic carbocycles. The van der Waals surface area contributed by atoms with Crippen molar-refractivity contribution in [2.75, 3.05) is 0 Å². The van der Waals surface area contributed by atoms with Gasteiger partial charge < -0.3 is 31.2 Å². The second-order valence-corrected chi connectivity index (χ2v) is 5.05. The first-order valence-corrected chi connectivity index (χ1v) is 6.92. The summed E-state index contributed by atoms with van der Waals surface area (Å²) in [4.78, 5) is 46.1. The zero-order valence-corrected chi connectivity index (χ0v) is 12.5. The van der Waals surface area contributed by atoms with Crippen LogP contribution in [0.5, 0.6) is 0 Å². The van der Waals surface area contributed by atoms with Gasteiger partial charge in [0.05, 0.1) is 0 Å². The summed E-state index contributed by atoms with van der Waals surface area (Å²) in [5.74, 6) is -4.61. The van der Waals surface area contributed by atoms with Crippen molar-refractivity contribution in [1.82, 2.24) is 5.32 Å². The molecule has 6 N–H and O–H groups in total. The van der Waals surface area contributed by atoms with E-state index in [1.165, 1.54) is 18.4 Å².